The summed E-state index contributed by atoms with van der Waals surface area (Å²) in [5.74, 6) is 0.703. The van der Waals surface area contributed by atoms with Gasteiger partial charge in [-0.3, -0.25) is 4.79 Å². The van der Waals surface area contributed by atoms with Crippen molar-refractivity contribution in [2.45, 2.75) is 0 Å². The summed E-state index contributed by atoms with van der Waals surface area (Å²) in [4.78, 5) is 16.2. The van der Waals surface area contributed by atoms with Gasteiger partial charge in [-0.15, -0.1) is 0 Å². The van der Waals surface area contributed by atoms with Crippen molar-refractivity contribution in [1.82, 2.24) is 4.98 Å². The van der Waals surface area contributed by atoms with Gasteiger partial charge in [-0.1, -0.05) is 24.3 Å². The van der Waals surface area contributed by atoms with Crippen molar-refractivity contribution in [2.24, 2.45) is 0 Å². The summed E-state index contributed by atoms with van der Waals surface area (Å²) in [6, 6.07) is 14.6. The highest BCUT2D eigenvalue weighted by Crippen LogP contribution is 2.23. The molecular formula is C17H14N2O3. The van der Waals surface area contributed by atoms with Gasteiger partial charge in [0.2, 0.25) is 11.8 Å². The summed E-state index contributed by atoms with van der Waals surface area (Å²) in [6.07, 6.45) is 2.90. The molecule has 0 aliphatic heterocycles. The van der Waals surface area contributed by atoms with Crippen LogP contribution in [0, 0.1) is 0 Å². The van der Waals surface area contributed by atoms with Crippen LogP contribution in [-0.2, 0) is 4.79 Å². The lowest BCUT2D eigenvalue weighted by Gasteiger charge is -2.07. The Morgan fingerprint density at radius 3 is 2.77 bits per heavy atom. The van der Waals surface area contributed by atoms with Crippen LogP contribution >= 0.6 is 0 Å². The average Bonchev–Trinajstić information content (AvgIpc) is 2.96. The minimum Gasteiger partial charge on any atom is -0.495 e. The van der Waals surface area contributed by atoms with Crippen molar-refractivity contribution in [2.75, 3.05) is 12.4 Å². The second-order valence-corrected chi connectivity index (χ2v) is 4.54. The van der Waals surface area contributed by atoms with Gasteiger partial charge in [-0.2, -0.15) is 0 Å². The van der Waals surface area contributed by atoms with E-state index in [-0.39, 0.29) is 5.91 Å². The molecule has 5 nitrogen and oxygen atoms in total. The highest BCUT2D eigenvalue weighted by molar-refractivity contribution is 6.02. The number of para-hydroxylation sites is 4. The van der Waals surface area contributed by atoms with E-state index in [1.165, 1.54) is 12.2 Å². The van der Waals surface area contributed by atoms with Crippen LogP contribution in [0.4, 0.5) is 5.69 Å². The van der Waals surface area contributed by atoms with Gasteiger partial charge in [0.25, 0.3) is 0 Å². The fourth-order valence-corrected chi connectivity index (χ4v) is 2.03. The summed E-state index contributed by atoms with van der Waals surface area (Å²) >= 11 is 0. The van der Waals surface area contributed by atoms with E-state index in [4.69, 9.17) is 9.15 Å². The second-order valence-electron chi connectivity index (χ2n) is 4.54. The Labute approximate surface area is 127 Å². The Bertz CT molecular complexity index is 804. The highest BCUT2D eigenvalue weighted by atomic mass is 16.5. The van der Waals surface area contributed by atoms with Crippen LogP contribution in [-0.4, -0.2) is 18.0 Å². The summed E-state index contributed by atoms with van der Waals surface area (Å²) in [5.41, 5.74) is 2.05. The van der Waals surface area contributed by atoms with E-state index in [9.17, 15) is 4.79 Å². The van der Waals surface area contributed by atoms with Gasteiger partial charge in [0.1, 0.15) is 11.3 Å². The number of nitrogens with one attached hydrogen (secondary N) is 1. The molecule has 0 bridgehead atoms. The molecule has 1 amide bonds. The van der Waals surface area contributed by atoms with Gasteiger partial charge >= 0.3 is 0 Å². The molecule has 0 spiro atoms. The number of anilines is 1. The third-order valence-corrected chi connectivity index (χ3v) is 3.05. The minimum absolute atomic E-state index is 0.285. The molecule has 0 aliphatic carbocycles. The van der Waals surface area contributed by atoms with E-state index in [1.54, 1.807) is 19.2 Å². The van der Waals surface area contributed by atoms with Crippen LogP contribution < -0.4 is 10.1 Å². The maximum Gasteiger partial charge on any atom is 0.248 e. The zero-order valence-electron chi connectivity index (χ0n) is 11.9. The van der Waals surface area contributed by atoms with Crippen LogP contribution in [0.25, 0.3) is 17.2 Å². The normalized spacial score (nSPS) is 11.0. The number of hydrogen-bond donors (Lipinski definition) is 1. The smallest absolute Gasteiger partial charge is 0.248 e. The van der Waals surface area contributed by atoms with Crippen LogP contribution in [0.3, 0.4) is 0 Å². The van der Waals surface area contributed by atoms with E-state index in [0.717, 1.165) is 5.52 Å². The number of amides is 1. The number of carbonyl (C=O) groups is 1. The molecule has 2 aromatic carbocycles. The first-order chi connectivity index (χ1) is 10.8. The Morgan fingerprint density at radius 1 is 1.18 bits per heavy atom. The Kier molecular flexibility index (Phi) is 3.87. The molecule has 5 heteroatoms. The lowest BCUT2D eigenvalue weighted by molar-refractivity contribution is -0.111. The molecule has 3 aromatic rings. The van der Waals surface area contributed by atoms with Crippen molar-refractivity contribution in [1.29, 1.82) is 0 Å². The number of methoxy groups -OCH3 is 1. The second kappa shape index (κ2) is 6.13. The summed E-state index contributed by atoms with van der Waals surface area (Å²) in [5, 5.41) is 2.75. The molecule has 0 radical (unpaired) electrons. The lowest BCUT2D eigenvalue weighted by atomic mass is 10.3. The predicted molar refractivity (Wildman–Crippen MR) is 84.7 cm³/mol. The fraction of sp³-hybridized carbons (Fsp3) is 0.0588. The largest absolute Gasteiger partial charge is 0.495 e. The molecule has 0 saturated carbocycles. The number of fused-ring (bicyclic) bond motifs is 1. The molecule has 1 N–H and O–H groups in total. The first-order valence-corrected chi connectivity index (χ1v) is 6.74. The summed E-state index contributed by atoms with van der Waals surface area (Å²) in [7, 11) is 1.55. The standard InChI is InChI=1S/C17H14N2O3/c1-21-14-8-4-2-6-12(14)18-16(20)10-11-17-19-13-7-3-5-9-15(13)22-17/h2-11H,1H3,(H,18,20). The van der Waals surface area contributed by atoms with Gasteiger partial charge in [-0.05, 0) is 24.3 Å². The zero-order valence-corrected chi connectivity index (χ0v) is 11.9. The molecule has 22 heavy (non-hydrogen) atoms. The van der Waals surface area contributed by atoms with Gasteiger partial charge < -0.3 is 14.5 Å². The molecule has 0 fully saturated rings. The SMILES string of the molecule is COc1ccccc1NC(=O)C=Cc1nc2ccccc2o1. The Morgan fingerprint density at radius 2 is 1.95 bits per heavy atom. The van der Waals surface area contributed by atoms with E-state index < -0.39 is 0 Å². The molecular weight excluding hydrogens is 280 g/mol. The molecule has 0 saturated heterocycles. The van der Waals surface area contributed by atoms with Crippen molar-refractivity contribution in [3.05, 3.63) is 60.5 Å². The highest BCUT2D eigenvalue weighted by Gasteiger charge is 2.05. The zero-order chi connectivity index (χ0) is 15.4. The summed E-state index contributed by atoms with van der Waals surface area (Å²) in [6.45, 7) is 0. The average molecular weight is 294 g/mol. The van der Waals surface area contributed by atoms with E-state index in [0.29, 0.717) is 22.9 Å². The predicted octanol–water partition coefficient (Wildman–Crippen LogP) is 3.49. The third-order valence-electron chi connectivity index (χ3n) is 3.05. The quantitative estimate of drug-likeness (QED) is 0.748. The molecule has 0 unspecified atom stereocenters. The topological polar surface area (TPSA) is 64.4 Å². The van der Waals surface area contributed by atoms with Crippen molar-refractivity contribution < 1.29 is 13.9 Å². The van der Waals surface area contributed by atoms with E-state index in [1.807, 2.05) is 36.4 Å². The molecule has 0 aliphatic rings. The molecule has 1 aromatic heterocycles. The number of hydrogen-bond acceptors (Lipinski definition) is 4. The van der Waals surface area contributed by atoms with Gasteiger partial charge in [-0.25, -0.2) is 4.98 Å². The first kappa shape index (κ1) is 13.9. The molecule has 3 rings (SSSR count). The van der Waals surface area contributed by atoms with E-state index >= 15 is 0 Å². The van der Waals surface area contributed by atoms with Crippen molar-refractivity contribution >= 4 is 28.8 Å². The number of benzene rings is 2. The number of nitrogens with zero attached hydrogens (tertiary/aromatic N) is 1. The number of carbonyl (C=O) groups excluding carboxylic acids is 1. The Balaban J connectivity index is 1.73. The Hall–Kier alpha value is -3.08. The van der Waals surface area contributed by atoms with Crippen LogP contribution in [0.1, 0.15) is 5.89 Å². The van der Waals surface area contributed by atoms with Crippen molar-refractivity contribution in [3.63, 3.8) is 0 Å². The monoisotopic (exact) mass is 294 g/mol. The maximum atomic E-state index is 11.9. The molecule has 1 heterocycles. The number of oxazole rings is 1. The van der Waals surface area contributed by atoms with Gasteiger partial charge in [0.15, 0.2) is 5.58 Å². The third kappa shape index (κ3) is 2.98. The van der Waals surface area contributed by atoms with Crippen LogP contribution in [0.15, 0.2) is 59.0 Å². The summed E-state index contributed by atoms with van der Waals surface area (Å²) < 4.78 is 10.7. The van der Waals surface area contributed by atoms with Crippen molar-refractivity contribution in [3.8, 4) is 5.75 Å². The van der Waals surface area contributed by atoms with E-state index in [2.05, 4.69) is 10.3 Å². The van der Waals surface area contributed by atoms with Gasteiger partial charge in [0.05, 0.1) is 12.8 Å². The lowest BCUT2D eigenvalue weighted by Crippen LogP contribution is -2.08. The first-order valence-electron chi connectivity index (χ1n) is 6.74. The fourth-order valence-electron chi connectivity index (χ4n) is 2.03. The number of rotatable bonds is 4. The maximum absolute atomic E-state index is 11.9. The van der Waals surface area contributed by atoms with Gasteiger partial charge in [0, 0.05) is 12.2 Å². The van der Waals surface area contributed by atoms with Crippen LogP contribution in [0.5, 0.6) is 5.75 Å². The molecule has 110 valence electrons. The number of ether oxygens (including phenoxy) is 1. The van der Waals surface area contributed by atoms with Crippen LogP contribution in [0.2, 0.25) is 0 Å². The minimum atomic E-state index is -0.285. The number of aromatic nitrogens is 1. The molecule has 0 atom stereocenters.